The van der Waals surface area contributed by atoms with Crippen LogP contribution < -0.4 is 5.32 Å². The molecule has 0 spiro atoms. The number of piperazine rings is 1. The molecule has 0 aliphatic carbocycles. The van der Waals surface area contributed by atoms with Gasteiger partial charge in [-0.2, -0.15) is 0 Å². The summed E-state index contributed by atoms with van der Waals surface area (Å²) in [5.41, 5.74) is 0. The molecule has 1 saturated heterocycles. The van der Waals surface area contributed by atoms with Crippen LogP contribution in [0.5, 0.6) is 0 Å². The molecule has 0 aromatic heterocycles. The van der Waals surface area contributed by atoms with E-state index >= 15 is 0 Å². The van der Waals surface area contributed by atoms with Crippen LogP contribution in [0.2, 0.25) is 0 Å². The van der Waals surface area contributed by atoms with Crippen molar-refractivity contribution < 1.29 is 4.79 Å². The molecule has 0 bridgehead atoms. The molecule has 0 aromatic rings. The molecule has 0 saturated carbocycles. The highest BCUT2D eigenvalue weighted by atomic mass is 16.2. The van der Waals surface area contributed by atoms with Gasteiger partial charge < -0.3 is 10.2 Å². The molecule has 1 aliphatic rings. The highest BCUT2D eigenvalue weighted by Gasteiger charge is 2.17. The molecule has 90 valence electrons. The summed E-state index contributed by atoms with van der Waals surface area (Å²) in [4.78, 5) is 15.9. The van der Waals surface area contributed by atoms with Crippen molar-refractivity contribution in [1.82, 2.24) is 15.1 Å². The maximum absolute atomic E-state index is 11.9. The van der Waals surface area contributed by atoms with Gasteiger partial charge in [-0.15, -0.1) is 13.2 Å². The van der Waals surface area contributed by atoms with E-state index in [0.29, 0.717) is 6.54 Å². The standard InChI is InChI=1S/C12H21N3O/c1-3-7-14(8-4-2)11-12(16)15-9-5-13-6-10-15/h3-4,13H,1-2,5-11H2. The Hall–Kier alpha value is -1.13. The van der Waals surface area contributed by atoms with E-state index in [1.54, 1.807) is 0 Å². The minimum Gasteiger partial charge on any atom is -0.339 e. The first kappa shape index (κ1) is 12.9. The van der Waals surface area contributed by atoms with Crippen molar-refractivity contribution in [2.75, 3.05) is 45.8 Å². The van der Waals surface area contributed by atoms with Crippen LogP contribution in [0.15, 0.2) is 25.3 Å². The SMILES string of the molecule is C=CCN(CC=C)CC(=O)N1CCNCC1. The predicted octanol–water partition coefficient (Wildman–Crippen LogP) is 0.0922. The van der Waals surface area contributed by atoms with Gasteiger partial charge in [-0.3, -0.25) is 9.69 Å². The van der Waals surface area contributed by atoms with Crippen LogP contribution in [0, 0.1) is 0 Å². The number of hydrogen-bond donors (Lipinski definition) is 1. The first-order chi connectivity index (χ1) is 7.77. The van der Waals surface area contributed by atoms with Gasteiger partial charge >= 0.3 is 0 Å². The molecule has 1 heterocycles. The number of hydrogen-bond acceptors (Lipinski definition) is 3. The van der Waals surface area contributed by atoms with Crippen molar-refractivity contribution in [1.29, 1.82) is 0 Å². The highest BCUT2D eigenvalue weighted by Crippen LogP contribution is 1.97. The van der Waals surface area contributed by atoms with Gasteiger partial charge in [-0.05, 0) is 0 Å². The minimum atomic E-state index is 0.199. The lowest BCUT2D eigenvalue weighted by Crippen LogP contribution is -2.49. The van der Waals surface area contributed by atoms with Crippen molar-refractivity contribution >= 4 is 5.91 Å². The highest BCUT2D eigenvalue weighted by molar-refractivity contribution is 5.78. The first-order valence-electron chi connectivity index (χ1n) is 5.70. The Labute approximate surface area is 97.6 Å². The predicted molar refractivity (Wildman–Crippen MR) is 66.3 cm³/mol. The van der Waals surface area contributed by atoms with Gasteiger partial charge in [0.1, 0.15) is 0 Å². The van der Waals surface area contributed by atoms with E-state index in [9.17, 15) is 4.79 Å². The zero-order chi connectivity index (χ0) is 11.8. The molecular weight excluding hydrogens is 202 g/mol. The van der Waals surface area contributed by atoms with Gasteiger partial charge in [0.25, 0.3) is 0 Å². The lowest BCUT2D eigenvalue weighted by Gasteiger charge is -2.29. The van der Waals surface area contributed by atoms with Gasteiger partial charge in [-0.1, -0.05) is 12.2 Å². The van der Waals surface area contributed by atoms with Crippen molar-refractivity contribution in [3.8, 4) is 0 Å². The van der Waals surface area contributed by atoms with Crippen molar-refractivity contribution in [2.45, 2.75) is 0 Å². The minimum absolute atomic E-state index is 0.199. The summed E-state index contributed by atoms with van der Waals surface area (Å²) in [6, 6.07) is 0. The monoisotopic (exact) mass is 223 g/mol. The van der Waals surface area contributed by atoms with Crippen LogP contribution >= 0.6 is 0 Å². The average Bonchev–Trinajstić information content (AvgIpc) is 2.31. The molecule has 1 amide bonds. The Balaban J connectivity index is 2.39. The third kappa shape index (κ3) is 4.16. The Morgan fingerprint density at radius 1 is 1.25 bits per heavy atom. The smallest absolute Gasteiger partial charge is 0.236 e. The van der Waals surface area contributed by atoms with Gasteiger partial charge in [0, 0.05) is 39.3 Å². The summed E-state index contributed by atoms with van der Waals surface area (Å²) in [7, 11) is 0. The van der Waals surface area contributed by atoms with Crippen LogP contribution in [-0.2, 0) is 4.79 Å². The number of carbonyl (C=O) groups is 1. The van der Waals surface area contributed by atoms with Gasteiger partial charge in [0.2, 0.25) is 5.91 Å². The third-order valence-electron chi connectivity index (χ3n) is 2.60. The van der Waals surface area contributed by atoms with Crippen molar-refractivity contribution in [3.63, 3.8) is 0 Å². The number of amides is 1. The van der Waals surface area contributed by atoms with E-state index in [1.807, 2.05) is 22.0 Å². The second-order valence-corrected chi connectivity index (χ2v) is 3.90. The molecule has 16 heavy (non-hydrogen) atoms. The summed E-state index contributed by atoms with van der Waals surface area (Å²) >= 11 is 0. The molecule has 1 N–H and O–H groups in total. The van der Waals surface area contributed by atoms with Crippen LogP contribution in [0.4, 0.5) is 0 Å². The second-order valence-electron chi connectivity index (χ2n) is 3.90. The molecule has 4 nitrogen and oxygen atoms in total. The Morgan fingerprint density at radius 3 is 2.31 bits per heavy atom. The summed E-state index contributed by atoms with van der Waals surface area (Å²) in [6.45, 7) is 12.7. The van der Waals surface area contributed by atoms with Gasteiger partial charge in [0.05, 0.1) is 6.54 Å². The maximum Gasteiger partial charge on any atom is 0.236 e. The lowest BCUT2D eigenvalue weighted by molar-refractivity contribution is -0.132. The molecule has 1 aliphatic heterocycles. The average molecular weight is 223 g/mol. The van der Waals surface area contributed by atoms with E-state index in [2.05, 4.69) is 18.5 Å². The largest absolute Gasteiger partial charge is 0.339 e. The molecule has 0 radical (unpaired) electrons. The number of rotatable bonds is 6. The van der Waals surface area contributed by atoms with Crippen LogP contribution in [0.1, 0.15) is 0 Å². The van der Waals surface area contributed by atoms with Crippen LogP contribution in [0.25, 0.3) is 0 Å². The van der Waals surface area contributed by atoms with E-state index in [4.69, 9.17) is 0 Å². The molecular formula is C12H21N3O. The summed E-state index contributed by atoms with van der Waals surface area (Å²) < 4.78 is 0. The quantitative estimate of drug-likeness (QED) is 0.648. The molecule has 1 fully saturated rings. The molecule has 0 unspecified atom stereocenters. The van der Waals surface area contributed by atoms with Gasteiger partial charge in [-0.25, -0.2) is 0 Å². The fourth-order valence-electron chi connectivity index (χ4n) is 1.77. The first-order valence-corrected chi connectivity index (χ1v) is 5.70. The van der Waals surface area contributed by atoms with E-state index in [1.165, 1.54) is 0 Å². The summed E-state index contributed by atoms with van der Waals surface area (Å²) in [6.07, 6.45) is 3.63. The Bertz CT molecular complexity index is 237. The van der Waals surface area contributed by atoms with Crippen LogP contribution in [0.3, 0.4) is 0 Å². The molecule has 1 rings (SSSR count). The Morgan fingerprint density at radius 2 is 1.81 bits per heavy atom. The van der Waals surface area contributed by atoms with E-state index < -0.39 is 0 Å². The molecule has 4 heteroatoms. The molecule has 0 atom stereocenters. The second kappa shape index (κ2) is 7.19. The lowest BCUT2D eigenvalue weighted by atomic mass is 10.3. The zero-order valence-electron chi connectivity index (χ0n) is 9.82. The van der Waals surface area contributed by atoms with Gasteiger partial charge in [0.15, 0.2) is 0 Å². The normalized spacial score (nSPS) is 16.2. The summed E-state index contributed by atoms with van der Waals surface area (Å²) in [5, 5.41) is 3.23. The fraction of sp³-hybridized carbons (Fsp3) is 0.583. The maximum atomic E-state index is 11.9. The number of carbonyl (C=O) groups excluding carboxylic acids is 1. The van der Waals surface area contributed by atoms with E-state index in [0.717, 1.165) is 39.3 Å². The van der Waals surface area contributed by atoms with Crippen LogP contribution in [-0.4, -0.2) is 61.5 Å². The summed E-state index contributed by atoms with van der Waals surface area (Å²) in [5.74, 6) is 0.199. The zero-order valence-corrected chi connectivity index (χ0v) is 9.82. The van der Waals surface area contributed by atoms with E-state index in [-0.39, 0.29) is 5.91 Å². The number of nitrogens with zero attached hydrogens (tertiary/aromatic N) is 2. The molecule has 0 aromatic carbocycles. The topological polar surface area (TPSA) is 35.6 Å². The Kier molecular flexibility index (Phi) is 5.82. The van der Waals surface area contributed by atoms with Crippen molar-refractivity contribution in [2.24, 2.45) is 0 Å². The number of nitrogens with one attached hydrogen (secondary N) is 1. The van der Waals surface area contributed by atoms with Crippen molar-refractivity contribution in [3.05, 3.63) is 25.3 Å². The third-order valence-corrected chi connectivity index (χ3v) is 2.60. The fourth-order valence-corrected chi connectivity index (χ4v) is 1.77.